The van der Waals surface area contributed by atoms with Crippen molar-refractivity contribution < 1.29 is 0 Å². The van der Waals surface area contributed by atoms with E-state index in [1.54, 1.807) is 0 Å². The van der Waals surface area contributed by atoms with Crippen LogP contribution in [-0.4, -0.2) is 16.3 Å². The molecule has 0 nitrogen and oxygen atoms in total. The third-order valence-corrected chi connectivity index (χ3v) is 3.15. The maximum Gasteiger partial charge on any atom is 0.0105 e. The molecule has 0 saturated heterocycles. The van der Waals surface area contributed by atoms with E-state index in [9.17, 15) is 0 Å². The van der Waals surface area contributed by atoms with E-state index in [-0.39, 0.29) is 0 Å². The SMILES string of the molecule is CCC(S)CSC(C)C. The summed E-state index contributed by atoms with van der Waals surface area (Å²) in [6.07, 6.45) is 1.18. The summed E-state index contributed by atoms with van der Waals surface area (Å²) >= 11 is 6.37. The first-order chi connectivity index (χ1) is 4.16. The molecule has 0 aromatic carbocycles. The van der Waals surface area contributed by atoms with Crippen LogP contribution in [0.2, 0.25) is 0 Å². The summed E-state index contributed by atoms with van der Waals surface area (Å²) in [5.74, 6) is 1.19. The van der Waals surface area contributed by atoms with Crippen LogP contribution in [0.3, 0.4) is 0 Å². The van der Waals surface area contributed by atoms with Crippen molar-refractivity contribution in [1.29, 1.82) is 0 Å². The van der Waals surface area contributed by atoms with Gasteiger partial charge in [-0.3, -0.25) is 0 Å². The molecule has 0 aliphatic heterocycles. The number of thioether (sulfide) groups is 1. The highest BCUT2D eigenvalue weighted by Gasteiger charge is 2.00. The predicted molar refractivity (Wildman–Crippen MR) is 50.7 cm³/mol. The van der Waals surface area contributed by atoms with Crippen LogP contribution in [0.25, 0.3) is 0 Å². The molecule has 1 atom stereocenters. The van der Waals surface area contributed by atoms with Gasteiger partial charge >= 0.3 is 0 Å². The quantitative estimate of drug-likeness (QED) is 0.623. The molecule has 0 spiro atoms. The Labute approximate surface area is 68.2 Å². The Morgan fingerprint density at radius 3 is 2.33 bits per heavy atom. The Morgan fingerprint density at radius 1 is 1.44 bits per heavy atom. The lowest BCUT2D eigenvalue weighted by Crippen LogP contribution is -2.02. The molecule has 0 heterocycles. The molecule has 0 amide bonds. The third-order valence-electron chi connectivity index (χ3n) is 1.09. The topological polar surface area (TPSA) is 0 Å². The monoisotopic (exact) mass is 164 g/mol. The van der Waals surface area contributed by atoms with Crippen molar-refractivity contribution in [1.82, 2.24) is 0 Å². The Kier molecular flexibility index (Phi) is 5.91. The molecule has 0 aromatic heterocycles. The first-order valence-corrected chi connectivity index (χ1v) is 5.03. The van der Waals surface area contributed by atoms with E-state index < -0.39 is 0 Å². The number of hydrogen-bond acceptors (Lipinski definition) is 2. The molecular formula is C7H16S2. The van der Waals surface area contributed by atoms with Crippen LogP contribution < -0.4 is 0 Å². The summed E-state index contributed by atoms with van der Waals surface area (Å²) in [5, 5.41) is 1.35. The molecular weight excluding hydrogens is 148 g/mol. The Bertz CT molecular complexity index is 61.9. The first kappa shape index (κ1) is 9.70. The Hall–Kier alpha value is 0.700. The summed E-state index contributed by atoms with van der Waals surface area (Å²) in [7, 11) is 0. The van der Waals surface area contributed by atoms with E-state index in [1.807, 2.05) is 11.8 Å². The minimum absolute atomic E-state index is 0.595. The average molecular weight is 164 g/mol. The van der Waals surface area contributed by atoms with Crippen LogP contribution in [0.5, 0.6) is 0 Å². The minimum Gasteiger partial charge on any atom is -0.175 e. The summed E-state index contributed by atoms with van der Waals surface area (Å²) < 4.78 is 0. The second kappa shape index (κ2) is 5.48. The van der Waals surface area contributed by atoms with Crippen LogP contribution in [0.1, 0.15) is 27.2 Å². The van der Waals surface area contributed by atoms with E-state index in [2.05, 4.69) is 33.4 Å². The average Bonchev–Trinajstić information content (AvgIpc) is 1.83. The minimum atomic E-state index is 0.595. The zero-order chi connectivity index (χ0) is 7.28. The molecule has 56 valence electrons. The molecule has 0 bridgehead atoms. The molecule has 0 radical (unpaired) electrons. The summed E-state index contributed by atoms with van der Waals surface area (Å²) in [4.78, 5) is 0. The molecule has 2 heteroatoms. The zero-order valence-electron chi connectivity index (χ0n) is 6.42. The van der Waals surface area contributed by atoms with Gasteiger partial charge in [0, 0.05) is 11.0 Å². The molecule has 9 heavy (non-hydrogen) atoms. The highest BCUT2D eigenvalue weighted by atomic mass is 32.2. The van der Waals surface area contributed by atoms with Gasteiger partial charge in [0.15, 0.2) is 0 Å². The van der Waals surface area contributed by atoms with Gasteiger partial charge in [-0.25, -0.2) is 0 Å². The molecule has 0 aliphatic rings. The van der Waals surface area contributed by atoms with Gasteiger partial charge < -0.3 is 0 Å². The van der Waals surface area contributed by atoms with Gasteiger partial charge in [-0.15, -0.1) is 0 Å². The number of hydrogen-bond donors (Lipinski definition) is 1. The molecule has 0 rings (SSSR count). The summed E-state index contributed by atoms with van der Waals surface area (Å²) in [6.45, 7) is 6.63. The number of thiol groups is 1. The van der Waals surface area contributed by atoms with Crippen LogP contribution in [0, 0.1) is 0 Å². The predicted octanol–water partition coefficient (Wildman–Crippen LogP) is 2.84. The van der Waals surface area contributed by atoms with Crippen molar-refractivity contribution in [3.8, 4) is 0 Å². The van der Waals surface area contributed by atoms with Gasteiger partial charge in [0.2, 0.25) is 0 Å². The lowest BCUT2D eigenvalue weighted by molar-refractivity contribution is 0.919. The van der Waals surface area contributed by atoms with Crippen molar-refractivity contribution in [3.05, 3.63) is 0 Å². The third kappa shape index (κ3) is 6.59. The van der Waals surface area contributed by atoms with Crippen molar-refractivity contribution in [2.75, 3.05) is 5.75 Å². The van der Waals surface area contributed by atoms with Gasteiger partial charge in [-0.2, -0.15) is 24.4 Å². The van der Waals surface area contributed by atoms with Crippen LogP contribution in [0.4, 0.5) is 0 Å². The summed E-state index contributed by atoms with van der Waals surface area (Å²) in [6, 6.07) is 0. The second-order valence-electron chi connectivity index (χ2n) is 2.44. The van der Waals surface area contributed by atoms with E-state index in [4.69, 9.17) is 0 Å². The molecule has 0 aliphatic carbocycles. The molecule has 0 aromatic rings. The van der Waals surface area contributed by atoms with Crippen molar-refractivity contribution in [3.63, 3.8) is 0 Å². The molecule has 0 saturated carbocycles. The highest BCUT2D eigenvalue weighted by Crippen LogP contribution is 2.14. The number of rotatable bonds is 4. The van der Waals surface area contributed by atoms with Gasteiger partial charge in [0.1, 0.15) is 0 Å². The normalized spacial score (nSPS) is 14.3. The smallest absolute Gasteiger partial charge is 0.0105 e. The van der Waals surface area contributed by atoms with Gasteiger partial charge in [-0.1, -0.05) is 20.8 Å². The fourth-order valence-electron chi connectivity index (χ4n) is 0.421. The fraction of sp³-hybridized carbons (Fsp3) is 1.00. The standard InChI is InChI=1S/C7H16S2/c1-4-7(8)5-9-6(2)3/h6-8H,4-5H2,1-3H3. The largest absolute Gasteiger partial charge is 0.175 e. The molecule has 0 N–H and O–H groups in total. The highest BCUT2D eigenvalue weighted by molar-refractivity contribution is 8.00. The Morgan fingerprint density at radius 2 is 2.00 bits per heavy atom. The lowest BCUT2D eigenvalue weighted by atomic mass is 10.4. The van der Waals surface area contributed by atoms with E-state index in [1.165, 1.54) is 12.2 Å². The van der Waals surface area contributed by atoms with Crippen molar-refractivity contribution in [2.45, 2.75) is 37.7 Å². The second-order valence-corrected chi connectivity index (χ2v) is 4.78. The van der Waals surface area contributed by atoms with Gasteiger partial charge in [-0.05, 0) is 11.7 Å². The van der Waals surface area contributed by atoms with Crippen molar-refractivity contribution >= 4 is 24.4 Å². The fourth-order valence-corrected chi connectivity index (χ4v) is 1.52. The maximum absolute atomic E-state index is 4.38. The van der Waals surface area contributed by atoms with E-state index in [0.29, 0.717) is 5.25 Å². The Balaban J connectivity index is 3.06. The van der Waals surface area contributed by atoms with Crippen LogP contribution in [-0.2, 0) is 0 Å². The van der Waals surface area contributed by atoms with E-state index in [0.717, 1.165) is 5.25 Å². The van der Waals surface area contributed by atoms with Gasteiger partial charge in [0.05, 0.1) is 0 Å². The first-order valence-electron chi connectivity index (χ1n) is 3.46. The van der Waals surface area contributed by atoms with Crippen LogP contribution in [0.15, 0.2) is 0 Å². The molecule has 0 fully saturated rings. The van der Waals surface area contributed by atoms with Gasteiger partial charge in [0.25, 0.3) is 0 Å². The van der Waals surface area contributed by atoms with Crippen molar-refractivity contribution in [2.24, 2.45) is 0 Å². The lowest BCUT2D eigenvalue weighted by Gasteiger charge is -2.08. The van der Waals surface area contributed by atoms with E-state index >= 15 is 0 Å². The maximum atomic E-state index is 4.38. The van der Waals surface area contributed by atoms with Crippen LogP contribution >= 0.6 is 24.4 Å². The molecule has 1 unspecified atom stereocenters. The zero-order valence-corrected chi connectivity index (χ0v) is 8.14. The summed E-state index contributed by atoms with van der Waals surface area (Å²) in [5.41, 5.74) is 0.